The molecule has 3 aliphatic carbocycles. The second-order valence-corrected chi connectivity index (χ2v) is 7.41. The van der Waals surface area contributed by atoms with E-state index in [1.165, 1.54) is 0 Å². The van der Waals surface area contributed by atoms with Crippen LogP contribution in [-0.4, -0.2) is 75.6 Å². The van der Waals surface area contributed by atoms with Crippen LogP contribution in [0.3, 0.4) is 0 Å². The Hall–Kier alpha value is -0.540. The molecule has 0 aromatic rings. The van der Waals surface area contributed by atoms with E-state index in [4.69, 9.17) is 9.47 Å². The molecule has 1 saturated carbocycles. The van der Waals surface area contributed by atoms with Gasteiger partial charge < -0.3 is 35.0 Å². The molecule has 0 radical (unpaired) electrons. The van der Waals surface area contributed by atoms with E-state index >= 15 is 0 Å². The van der Waals surface area contributed by atoms with Gasteiger partial charge in [-0.3, -0.25) is 0 Å². The quantitative estimate of drug-likeness (QED) is 0.409. The lowest BCUT2D eigenvalue weighted by Crippen LogP contribution is -2.62. The normalized spacial score (nSPS) is 48.6. The smallest absolute Gasteiger partial charge is 0.187 e. The van der Waals surface area contributed by atoms with Gasteiger partial charge in [-0.05, 0) is 29.2 Å². The van der Waals surface area contributed by atoms with E-state index in [2.05, 4.69) is 13.8 Å². The van der Waals surface area contributed by atoms with Crippen LogP contribution in [0.15, 0.2) is 11.6 Å². The molecule has 23 heavy (non-hydrogen) atoms. The summed E-state index contributed by atoms with van der Waals surface area (Å²) in [4.78, 5) is 0. The molecule has 1 heterocycles. The van der Waals surface area contributed by atoms with Gasteiger partial charge in [0.05, 0.1) is 19.3 Å². The summed E-state index contributed by atoms with van der Waals surface area (Å²) in [6, 6.07) is 0. The van der Waals surface area contributed by atoms with Crippen molar-refractivity contribution in [1.29, 1.82) is 0 Å². The zero-order valence-electron chi connectivity index (χ0n) is 13.4. The number of fused-ring (bicyclic) bond motifs is 1. The molecule has 0 amide bonds. The third-order valence-electron chi connectivity index (χ3n) is 5.89. The van der Waals surface area contributed by atoms with Crippen LogP contribution in [0, 0.1) is 17.3 Å². The summed E-state index contributed by atoms with van der Waals surface area (Å²) < 4.78 is 11.3. The Kier molecular flexibility index (Phi) is 4.57. The lowest BCUT2D eigenvalue weighted by molar-refractivity contribution is -0.318. The van der Waals surface area contributed by atoms with Crippen molar-refractivity contribution in [2.45, 2.75) is 57.1 Å². The Morgan fingerprint density at radius 2 is 1.87 bits per heavy atom. The van der Waals surface area contributed by atoms with Crippen LogP contribution in [0.25, 0.3) is 0 Å². The van der Waals surface area contributed by atoms with Crippen LogP contribution in [0.1, 0.15) is 20.3 Å². The fraction of sp³-hybridized carbons (Fsp3) is 0.875. The molecular weight excluding hydrogens is 304 g/mol. The van der Waals surface area contributed by atoms with Gasteiger partial charge in [-0.25, -0.2) is 0 Å². The van der Waals surface area contributed by atoms with E-state index in [-0.39, 0.29) is 24.0 Å². The second kappa shape index (κ2) is 6.07. The molecule has 2 fully saturated rings. The third kappa shape index (κ3) is 2.64. The molecular formula is C16H26O7. The molecule has 2 bridgehead atoms. The molecule has 0 aromatic heterocycles. The summed E-state index contributed by atoms with van der Waals surface area (Å²) >= 11 is 0. The maximum atomic E-state index is 10.1. The highest BCUT2D eigenvalue weighted by Crippen LogP contribution is 2.59. The average Bonchev–Trinajstić information content (AvgIpc) is 2.54. The lowest BCUT2D eigenvalue weighted by atomic mass is 9.48. The predicted octanol–water partition coefficient (Wildman–Crippen LogP) is -1.23. The monoisotopic (exact) mass is 330 g/mol. The minimum absolute atomic E-state index is 0.00832. The molecule has 0 unspecified atom stereocenters. The minimum Gasteiger partial charge on any atom is -0.394 e. The van der Waals surface area contributed by atoms with Crippen molar-refractivity contribution in [1.82, 2.24) is 0 Å². The summed E-state index contributed by atoms with van der Waals surface area (Å²) in [5.41, 5.74) is 0.915. The largest absolute Gasteiger partial charge is 0.394 e. The van der Waals surface area contributed by atoms with Crippen molar-refractivity contribution >= 4 is 0 Å². The zero-order valence-corrected chi connectivity index (χ0v) is 13.4. The molecule has 0 aromatic carbocycles. The van der Waals surface area contributed by atoms with Crippen LogP contribution in [0.2, 0.25) is 0 Å². The highest BCUT2D eigenvalue weighted by molar-refractivity contribution is 5.27. The van der Waals surface area contributed by atoms with Gasteiger partial charge in [0.25, 0.3) is 0 Å². The average molecular weight is 330 g/mol. The molecule has 5 N–H and O–H groups in total. The van der Waals surface area contributed by atoms with Crippen LogP contribution in [0.5, 0.6) is 0 Å². The second-order valence-electron chi connectivity index (χ2n) is 7.41. The van der Waals surface area contributed by atoms with Crippen molar-refractivity contribution in [2.75, 3.05) is 13.2 Å². The standard InChI is InChI=1S/C16H26O7/c1-16(2)8-4-9(16)10(3-7(8)5-17)22-15-14(21)13(20)12(19)11(6-18)23-15/h3,8-15,17-21H,4-6H2,1-2H3/t8-,9+,10-,11+,12+,13-,14+,15+/m1/s1. The Bertz CT molecular complexity index is 475. The van der Waals surface area contributed by atoms with Gasteiger partial charge in [0.1, 0.15) is 24.4 Å². The first-order valence-electron chi connectivity index (χ1n) is 8.08. The number of hydrogen-bond donors (Lipinski definition) is 5. The minimum atomic E-state index is -1.45. The van der Waals surface area contributed by atoms with Gasteiger partial charge in [0, 0.05) is 0 Å². The fourth-order valence-corrected chi connectivity index (χ4v) is 4.22. The van der Waals surface area contributed by atoms with Gasteiger partial charge >= 0.3 is 0 Å². The number of ether oxygens (including phenoxy) is 2. The molecule has 4 rings (SSSR count). The number of hydrogen-bond acceptors (Lipinski definition) is 7. The molecule has 1 aliphatic heterocycles. The summed E-state index contributed by atoms with van der Waals surface area (Å²) in [7, 11) is 0. The number of rotatable bonds is 4. The summed E-state index contributed by atoms with van der Waals surface area (Å²) in [5.74, 6) is 0.572. The van der Waals surface area contributed by atoms with Crippen molar-refractivity contribution < 1.29 is 35.0 Å². The summed E-state index contributed by atoms with van der Waals surface area (Å²) in [6.07, 6.45) is -3.94. The van der Waals surface area contributed by atoms with Crippen molar-refractivity contribution in [2.24, 2.45) is 17.3 Å². The first-order valence-corrected chi connectivity index (χ1v) is 8.08. The maximum Gasteiger partial charge on any atom is 0.187 e. The number of aliphatic hydroxyl groups excluding tert-OH is 5. The first kappa shape index (κ1) is 17.3. The van der Waals surface area contributed by atoms with Gasteiger partial charge in [-0.15, -0.1) is 0 Å². The number of aliphatic hydroxyl groups is 5. The molecule has 7 nitrogen and oxygen atoms in total. The van der Waals surface area contributed by atoms with Crippen LogP contribution < -0.4 is 0 Å². The van der Waals surface area contributed by atoms with E-state index in [1.807, 2.05) is 6.08 Å². The molecule has 7 heteroatoms. The third-order valence-corrected chi connectivity index (χ3v) is 5.89. The summed E-state index contributed by atoms with van der Waals surface area (Å²) in [5, 5.41) is 48.5. The van der Waals surface area contributed by atoms with E-state index in [9.17, 15) is 25.5 Å². The van der Waals surface area contributed by atoms with Crippen molar-refractivity contribution in [3.05, 3.63) is 11.6 Å². The van der Waals surface area contributed by atoms with E-state index < -0.39 is 37.3 Å². The molecule has 4 aliphatic rings. The van der Waals surface area contributed by atoms with E-state index in [1.54, 1.807) is 0 Å². The molecule has 1 saturated heterocycles. The van der Waals surface area contributed by atoms with Crippen LogP contribution >= 0.6 is 0 Å². The molecule has 0 spiro atoms. The first-order chi connectivity index (χ1) is 10.8. The van der Waals surface area contributed by atoms with Crippen LogP contribution in [-0.2, 0) is 9.47 Å². The Morgan fingerprint density at radius 3 is 2.43 bits per heavy atom. The van der Waals surface area contributed by atoms with E-state index in [0.29, 0.717) is 5.92 Å². The zero-order chi connectivity index (χ0) is 16.9. The Labute approximate surface area is 135 Å². The Balaban J connectivity index is 1.76. The molecule has 132 valence electrons. The topological polar surface area (TPSA) is 120 Å². The van der Waals surface area contributed by atoms with Gasteiger partial charge in [-0.2, -0.15) is 0 Å². The Morgan fingerprint density at radius 1 is 1.17 bits per heavy atom. The van der Waals surface area contributed by atoms with Crippen molar-refractivity contribution in [3.63, 3.8) is 0 Å². The van der Waals surface area contributed by atoms with Gasteiger partial charge in [0.2, 0.25) is 0 Å². The lowest BCUT2D eigenvalue weighted by Gasteiger charge is -2.59. The van der Waals surface area contributed by atoms with E-state index in [0.717, 1.165) is 12.0 Å². The van der Waals surface area contributed by atoms with Crippen molar-refractivity contribution in [3.8, 4) is 0 Å². The SMILES string of the molecule is CC1(C)[C@@H]2C[C@H]1[C@H](O[C@H]1O[C@@H](CO)[C@H](O)[C@@H](O)[C@@H]1O)C=C2CO. The highest BCUT2D eigenvalue weighted by Gasteiger charge is 2.56. The maximum absolute atomic E-state index is 10.1. The van der Waals surface area contributed by atoms with Gasteiger partial charge in [0.15, 0.2) is 6.29 Å². The summed E-state index contributed by atoms with van der Waals surface area (Å²) in [6.45, 7) is 3.73. The fourth-order valence-electron chi connectivity index (χ4n) is 4.22. The predicted molar refractivity (Wildman–Crippen MR) is 79.2 cm³/mol. The highest BCUT2D eigenvalue weighted by atomic mass is 16.7. The van der Waals surface area contributed by atoms with Crippen LogP contribution in [0.4, 0.5) is 0 Å². The van der Waals surface area contributed by atoms with Gasteiger partial charge in [-0.1, -0.05) is 19.9 Å². The molecule has 8 atom stereocenters.